The van der Waals surface area contributed by atoms with Crippen LogP contribution >= 0.6 is 23.1 Å². The molecule has 0 fully saturated rings. The molecule has 0 spiro atoms. The van der Waals surface area contributed by atoms with Crippen LogP contribution in [-0.4, -0.2) is 29.2 Å². The Morgan fingerprint density at radius 3 is 2.50 bits per heavy atom. The van der Waals surface area contributed by atoms with Gasteiger partial charge in [0.2, 0.25) is 0 Å². The van der Waals surface area contributed by atoms with Crippen LogP contribution in [0.1, 0.15) is 37.8 Å². The van der Waals surface area contributed by atoms with E-state index in [1.807, 2.05) is 36.4 Å². The number of rotatable bonds is 10. The predicted molar refractivity (Wildman–Crippen MR) is 124 cm³/mol. The highest BCUT2D eigenvalue weighted by Gasteiger charge is 2.12. The summed E-state index contributed by atoms with van der Waals surface area (Å²) in [4.78, 5) is 28.8. The lowest BCUT2D eigenvalue weighted by molar-refractivity contribution is -0.147. The van der Waals surface area contributed by atoms with Crippen LogP contribution in [0, 0.1) is 0 Å². The maximum absolute atomic E-state index is 12.3. The van der Waals surface area contributed by atoms with Gasteiger partial charge in [-0.25, -0.2) is 4.98 Å². The Balaban J connectivity index is 1.39. The van der Waals surface area contributed by atoms with E-state index >= 15 is 0 Å². The van der Waals surface area contributed by atoms with Crippen LogP contribution < -0.4 is 5.32 Å². The first-order valence-corrected chi connectivity index (χ1v) is 12.0. The smallest absolute Gasteiger partial charge is 0.306 e. The van der Waals surface area contributed by atoms with Gasteiger partial charge in [0.1, 0.15) is 0 Å². The number of amides is 1. The standard InChI is InChI=1S/C23H26N2O3S2/c1-3-16-9-7-10-17(4-2)22(16)25-20(26)15-28-21(27)13-8-14-29-23-24-18-11-5-6-12-19(18)30-23/h5-7,9-12H,3-4,8,13-15H2,1-2H3,(H,25,26). The first kappa shape index (κ1) is 22.3. The largest absolute Gasteiger partial charge is 0.456 e. The molecule has 2 aromatic carbocycles. The fourth-order valence-corrected chi connectivity index (χ4v) is 5.16. The molecule has 3 aromatic rings. The van der Waals surface area contributed by atoms with Crippen molar-refractivity contribution < 1.29 is 14.3 Å². The summed E-state index contributed by atoms with van der Waals surface area (Å²) in [5.41, 5.74) is 4.02. The summed E-state index contributed by atoms with van der Waals surface area (Å²) in [7, 11) is 0. The normalized spacial score (nSPS) is 10.9. The Kier molecular flexibility index (Phi) is 8.28. The Morgan fingerprint density at radius 2 is 1.80 bits per heavy atom. The van der Waals surface area contributed by atoms with Gasteiger partial charge in [-0.15, -0.1) is 11.3 Å². The molecule has 0 aliphatic carbocycles. The molecule has 7 heteroatoms. The van der Waals surface area contributed by atoms with Gasteiger partial charge in [0, 0.05) is 17.9 Å². The number of aromatic nitrogens is 1. The minimum Gasteiger partial charge on any atom is -0.456 e. The van der Waals surface area contributed by atoms with Crippen LogP contribution in [-0.2, 0) is 27.2 Å². The van der Waals surface area contributed by atoms with Gasteiger partial charge >= 0.3 is 5.97 Å². The fraction of sp³-hybridized carbons (Fsp3) is 0.348. The number of anilines is 1. The molecule has 5 nitrogen and oxygen atoms in total. The number of thioether (sulfide) groups is 1. The molecule has 0 unspecified atom stereocenters. The van der Waals surface area contributed by atoms with Gasteiger partial charge in [0.15, 0.2) is 10.9 Å². The third kappa shape index (κ3) is 6.06. The van der Waals surface area contributed by atoms with Crippen LogP contribution in [0.2, 0.25) is 0 Å². The van der Waals surface area contributed by atoms with E-state index in [-0.39, 0.29) is 24.9 Å². The number of fused-ring (bicyclic) bond motifs is 1. The Labute approximate surface area is 185 Å². The van der Waals surface area contributed by atoms with Crippen molar-refractivity contribution >= 4 is 50.9 Å². The molecule has 0 aliphatic rings. The molecule has 0 aliphatic heterocycles. The van der Waals surface area contributed by atoms with E-state index in [4.69, 9.17) is 4.74 Å². The maximum atomic E-state index is 12.3. The van der Waals surface area contributed by atoms with E-state index in [1.165, 1.54) is 4.70 Å². The lowest BCUT2D eigenvalue weighted by Gasteiger charge is -2.14. The van der Waals surface area contributed by atoms with Crippen molar-refractivity contribution in [3.8, 4) is 0 Å². The van der Waals surface area contributed by atoms with E-state index in [0.29, 0.717) is 6.42 Å². The number of ether oxygens (including phenoxy) is 1. The molecule has 158 valence electrons. The van der Waals surface area contributed by atoms with Crippen molar-refractivity contribution in [3.05, 3.63) is 53.6 Å². The first-order valence-electron chi connectivity index (χ1n) is 10.1. The summed E-state index contributed by atoms with van der Waals surface area (Å²) in [5.74, 6) is 0.127. The summed E-state index contributed by atoms with van der Waals surface area (Å²) < 4.78 is 7.32. The quantitative estimate of drug-likeness (QED) is 0.256. The average Bonchev–Trinajstić information content (AvgIpc) is 3.18. The summed E-state index contributed by atoms with van der Waals surface area (Å²) in [6, 6.07) is 14.0. The van der Waals surface area contributed by atoms with Crippen molar-refractivity contribution in [1.82, 2.24) is 4.98 Å². The van der Waals surface area contributed by atoms with Gasteiger partial charge in [-0.2, -0.15) is 0 Å². The SMILES string of the molecule is CCc1cccc(CC)c1NC(=O)COC(=O)CCCSc1nc2ccccc2s1. The summed E-state index contributed by atoms with van der Waals surface area (Å²) in [5, 5.41) is 2.91. The summed E-state index contributed by atoms with van der Waals surface area (Å²) >= 11 is 3.30. The molecule has 1 N–H and O–H groups in total. The maximum Gasteiger partial charge on any atom is 0.306 e. The minimum atomic E-state index is -0.352. The molecular weight excluding hydrogens is 416 g/mol. The van der Waals surface area contributed by atoms with Gasteiger partial charge in [0.05, 0.1) is 10.2 Å². The number of hydrogen-bond donors (Lipinski definition) is 1. The monoisotopic (exact) mass is 442 g/mol. The van der Waals surface area contributed by atoms with E-state index < -0.39 is 0 Å². The summed E-state index contributed by atoms with van der Waals surface area (Å²) in [6.07, 6.45) is 2.63. The van der Waals surface area contributed by atoms with Gasteiger partial charge in [-0.3, -0.25) is 9.59 Å². The third-order valence-corrected chi connectivity index (χ3v) is 6.92. The number of aryl methyl sites for hydroxylation is 2. The highest BCUT2D eigenvalue weighted by atomic mass is 32.2. The fourth-order valence-electron chi connectivity index (χ4n) is 3.09. The Hall–Kier alpha value is -2.38. The molecule has 1 heterocycles. The second-order valence-electron chi connectivity index (χ2n) is 6.77. The molecule has 0 radical (unpaired) electrons. The number of hydrogen-bond acceptors (Lipinski definition) is 6. The minimum absolute atomic E-state index is 0.259. The van der Waals surface area contributed by atoms with Crippen LogP contribution in [0.3, 0.4) is 0 Å². The highest BCUT2D eigenvalue weighted by Crippen LogP contribution is 2.29. The Morgan fingerprint density at radius 1 is 1.07 bits per heavy atom. The van der Waals surface area contributed by atoms with Crippen molar-refractivity contribution in [3.63, 3.8) is 0 Å². The molecule has 1 aromatic heterocycles. The first-order chi connectivity index (χ1) is 14.6. The predicted octanol–water partition coefficient (Wildman–Crippen LogP) is 5.48. The summed E-state index contributed by atoms with van der Waals surface area (Å²) in [6.45, 7) is 3.85. The lowest BCUT2D eigenvalue weighted by Crippen LogP contribution is -2.22. The zero-order valence-corrected chi connectivity index (χ0v) is 18.9. The van der Waals surface area contributed by atoms with E-state index in [9.17, 15) is 9.59 Å². The topological polar surface area (TPSA) is 68.3 Å². The second kappa shape index (κ2) is 11.1. The van der Waals surface area contributed by atoms with E-state index in [1.54, 1.807) is 23.1 Å². The zero-order valence-electron chi connectivity index (χ0n) is 17.3. The van der Waals surface area contributed by atoms with Crippen molar-refractivity contribution in [2.24, 2.45) is 0 Å². The van der Waals surface area contributed by atoms with Crippen molar-refractivity contribution in [2.45, 2.75) is 43.9 Å². The van der Waals surface area contributed by atoms with Crippen LogP contribution in [0.4, 0.5) is 5.69 Å². The molecular formula is C23H26N2O3S2. The van der Waals surface area contributed by atoms with Crippen LogP contribution in [0.25, 0.3) is 10.2 Å². The molecule has 1 amide bonds. The molecule has 3 rings (SSSR count). The number of para-hydroxylation sites is 2. The molecule has 0 saturated carbocycles. The van der Waals surface area contributed by atoms with E-state index in [0.717, 1.165) is 45.3 Å². The third-order valence-electron chi connectivity index (χ3n) is 4.65. The molecule has 30 heavy (non-hydrogen) atoms. The molecule has 0 bridgehead atoms. The number of carbonyl (C=O) groups excluding carboxylic acids is 2. The van der Waals surface area contributed by atoms with Gasteiger partial charge in [-0.05, 0) is 42.5 Å². The van der Waals surface area contributed by atoms with Gasteiger partial charge < -0.3 is 10.1 Å². The second-order valence-corrected chi connectivity index (χ2v) is 9.14. The average molecular weight is 443 g/mol. The number of nitrogens with one attached hydrogen (secondary N) is 1. The number of benzene rings is 2. The number of esters is 1. The van der Waals surface area contributed by atoms with Crippen molar-refractivity contribution in [1.29, 1.82) is 0 Å². The zero-order chi connectivity index (χ0) is 21.3. The Bertz CT molecular complexity index is 961. The van der Waals surface area contributed by atoms with Crippen molar-refractivity contribution in [2.75, 3.05) is 17.7 Å². The molecule has 0 saturated heterocycles. The van der Waals surface area contributed by atoms with Gasteiger partial charge in [-0.1, -0.05) is 55.9 Å². The van der Waals surface area contributed by atoms with Gasteiger partial charge in [0.25, 0.3) is 5.91 Å². The number of carbonyl (C=O) groups is 2. The lowest BCUT2D eigenvalue weighted by atomic mass is 10.0. The van der Waals surface area contributed by atoms with Crippen LogP contribution in [0.15, 0.2) is 46.8 Å². The van der Waals surface area contributed by atoms with E-state index in [2.05, 4.69) is 30.2 Å². The number of thiazole rings is 1. The number of nitrogens with zero attached hydrogens (tertiary/aromatic N) is 1. The highest BCUT2D eigenvalue weighted by molar-refractivity contribution is 8.01. The van der Waals surface area contributed by atoms with Crippen LogP contribution in [0.5, 0.6) is 0 Å². The molecule has 0 atom stereocenters.